The van der Waals surface area contributed by atoms with E-state index in [2.05, 4.69) is 0 Å². The van der Waals surface area contributed by atoms with Crippen molar-refractivity contribution in [3.05, 3.63) is 53.6 Å². The van der Waals surface area contributed by atoms with E-state index in [0.29, 0.717) is 5.39 Å². The Hall–Kier alpha value is 0.0164. The van der Waals surface area contributed by atoms with Gasteiger partial charge in [0.1, 0.15) is 4.90 Å². The molecule has 3 aromatic carbocycles. The van der Waals surface area contributed by atoms with Crippen molar-refractivity contribution < 1.29 is 65.8 Å². The SMILES string of the molecule is O=S(=O)(O)c1c(Cl)ccc2cc3ccccc3cc12.[H-].[K+]. The van der Waals surface area contributed by atoms with Crippen LogP contribution >= 0.6 is 11.6 Å². The molecule has 0 unspecified atom stereocenters. The largest absolute Gasteiger partial charge is 1.00 e. The fourth-order valence-electron chi connectivity index (χ4n) is 2.22. The van der Waals surface area contributed by atoms with Crippen molar-refractivity contribution in [2.75, 3.05) is 0 Å². The van der Waals surface area contributed by atoms with Gasteiger partial charge >= 0.3 is 51.4 Å². The van der Waals surface area contributed by atoms with Crippen LogP contribution in [0.2, 0.25) is 5.02 Å². The number of benzene rings is 3. The Morgan fingerprint density at radius 3 is 2.15 bits per heavy atom. The first-order chi connectivity index (χ1) is 8.97. The topological polar surface area (TPSA) is 54.4 Å². The zero-order chi connectivity index (χ0) is 13.6. The molecule has 3 nitrogen and oxygen atoms in total. The number of hydrogen-bond donors (Lipinski definition) is 1. The summed E-state index contributed by atoms with van der Waals surface area (Å²) < 4.78 is 32.3. The monoisotopic (exact) mass is 332 g/mol. The van der Waals surface area contributed by atoms with Gasteiger partial charge in [-0.15, -0.1) is 0 Å². The number of hydrogen-bond acceptors (Lipinski definition) is 2. The van der Waals surface area contributed by atoms with E-state index in [0.717, 1.165) is 16.2 Å². The first kappa shape index (κ1) is 16.4. The molecular formula is C14H10ClKO3S. The van der Waals surface area contributed by atoms with Crippen molar-refractivity contribution in [2.24, 2.45) is 0 Å². The van der Waals surface area contributed by atoms with Gasteiger partial charge in [-0.05, 0) is 34.4 Å². The molecule has 0 aromatic heterocycles. The number of halogens is 1. The first-order valence-corrected chi connectivity index (χ1v) is 7.37. The standard InChI is InChI=1S/C14H9ClO3S.K.H/c15-13-6-5-11-7-9-3-1-2-4-10(9)8-12(11)14(13)19(16,17)18;;/h1-8H,(H,16,17,18);;/q;+1;-1. The molecule has 0 aliphatic rings. The van der Waals surface area contributed by atoms with Gasteiger partial charge in [0, 0.05) is 5.39 Å². The zero-order valence-electron chi connectivity index (χ0n) is 11.7. The Balaban J connectivity index is 0.00000110. The summed E-state index contributed by atoms with van der Waals surface area (Å²) in [5.74, 6) is 0. The minimum Gasteiger partial charge on any atom is -1.00 e. The van der Waals surface area contributed by atoms with Crippen LogP contribution in [0.4, 0.5) is 0 Å². The molecule has 0 spiro atoms. The molecule has 0 heterocycles. The fourth-order valence-corrected chi connectivity index (χ4v) is 3.45. The summed E-state index contributed by atoms with van der Waals surface area (Å²) in [4.78, 5) is -0.239. The Kier molecular flexibility index (Phi) is 4.93. The normalized spacial score (nSPS) is 11.5. The molecule has 20 heavy (non-hydrogen) atoms. The maximum absolute atomic E-state index is 11.5. The molecule has 0 bridgehead atoms. The maximum atomic E-state index is 11.5. The van der Waals surface area contributed by atoms with Gasteiger partial charge in [-0.25, -0.2) is 0 Å². The third-order valence-corrected chi connectivity index (χ3v) is 4.43. The Bertz CT molecular complexity index is 913. The van der Waals surface area contributed by atoms with Gasteiger partial charge < -0.3 is 1.43 Å². The molecule has 0 saturated heterocycles. The number of fused-ring (bicyclic) bond motifs is 2. The smallest absolute Gasteiger partial charge is 1.00 e. The summed E-state index contributed by atoms with van der Waals surface area (Å²) in [5, 5.41) is 3.05. The van der Waals surface area contributed by atoms with E-state index in [4.69, 9.17) is 11.6 Å². The Morgan fingerprint density at radius 2 is 1.55 bits per heavy atom. The molecule has 6 heteroatoms. The number of rotatable bonds is 1. The van der Waals surface area contributed by atoms with Gasteiger partial charge in [0.2, 0.25) is 0 Å². The van der Waals surface area contributed by atoms with Crippen LogP contribution in [0.3, 0.4) is 0 Å². The van der Waals surface area contributed by atoms with Crippen LogP contribution in [-0.4, -0.2) is 13.0 Å². The van der Waals surface area contributed by atoms with Crippen molar-refractivity contribution in [3.63, 3.8) is 0 Å². The molecule has 0 amide bonds. The van der Waals surface area contributed by atoms with Crippen molar-refractivity contribution >= 4 is 43.3 Å². The summed E-state index contributed by atoms with van der Waals surface area (Å²) >= 11 is 5.90. The van der Waals surface area contributed by atoms with Gasteiger partial charge in [-0.3, -0.25) is 4.55 Å². The van der Waals surface area contributed by atoms with Crippen LogP contribution in [-0.2, 0) is 10.1 Å². The van der Waals surface area contributed by atoms with Crippen LogP contribution in [0.25, 0.3) is 21.5 Å². The molecule has 0 fully saturated rings. The van der Waals surface area contributed by atoms with E-state index in [-0.39, 0.29) is 62.7 Å². The quantitative estimate of drug-likeness (QED) is 0.411. The minimum absolute atomic E-state index is 0. The van der Waals surface area contributed by atoms with Crippen molar-refractivity contribution in [3.8, 4) is 0 Å². The molecule has 3 rings (SSSR count). The van der Waals surface area contributed by atoms with E-state index < -0.39 is 10.1 Å². The van der Waals surface area contributed by atoms with E-state index in [1.54, 1.807) is 12.1 Å². The summed E-state index contributed by atoms with van der Waals surface area (Å²) in [6.07, 6.45) is 0. The minimum atomic E-state index is -4.36. The molecule has 1 N–H and O–H groups in total. The van der Waals surface area contributed by atoms with Gasteiger partial charge in [-0.2, -0.15) is 8.42 Å². The van der Waals surface area contributed by atoms with Gasteiger partial charge in [0.25, 0.3) is 10.1 Å². The zero-order valence-corrected chi connectivity index (χ0v) is 15.4. The predicted molar refractivity (Wildman–Crippen MR) is 77.4 cm³/mol. The molecule has 0 saturated carbocycles. The Labute approximate surface area is 165 Å². The molecule has 98 valence electrons. The van der Waals surface area contributed by atoms with Crippen LogP contribution in [0.1, 0.15) is 1.43 Å². The average Bonchev–Trinajstić information content (AvgIpc) is 2.34. The van der Waals surface area contributed by atoms with E-state index in [9.17, 15) is 13.0 Å². The van der Waals surface area contributed by atoms with E-state index >= 15 is 0 Å². The maximum Gasteiger partial charge on any atom is 1.00 e. The molecule has 3 aromatic rings. The van der Waals surface area contributed by atoms with Crippen molar-refractivity contribution in [1.29, 1.82) is 0 Å². The van der Waals surface area contributed by atoms with Crippen LogP contribution in [0, 0.1) is 0 Å². The second-order valence-corrected chi connectivity index (χ2v) is 6.04. The Morgan fingerprint density at radius 1 is 0.950 bits per heavy atom. The third kappa shape index (κ3) is 2.96. The second kappa shape index (κ2) is 6.02. The van der Waals surface area contributed by atoms with Crippen LogP contribution < -0.4 is 51.4 Å². The van der Waals surface area contributed by atoms with Gasteiger partial charge in [0.05, 0.1) is 5.02 Å². The van der Waals surface area contributed by atoms with Gasteiger partial charge in [-0.1, -0.05) is 41.9 Å². The predicted octanol–water partition coefficient (Wildman–Crippen LogP) is 1.01. The molecule has 0 aliphatic carbocycles. The van der Waals surface area contributed by atoms with Gasteiger partial charge in [0.15, 0.2) is 0 Å². The van der Waals surface area contributed by atoms with E-state index in [1.807, 2.05) is 30.3 Å². The van der Waals surface area contributed by atoms with Crippen LogP contribution in [0.5, 0.6) is 0 Å². The summed E-state index contributed by atoms with van der Waals surface area (Å²) in [6.45, 7) is 0. The molecule has 0 radical (unpaired) electrons. The van der Waals surface area contributed by atoms with Crippen molar-refractivity contribution in [2.45, 2.75) is 4.90 Å². The summed E-state index contributed by atoms with van der Waals surface area (Å²) in [5.41, 5.74) is 0. The molecule has 0 atom stereocenters. The molecule has 0 aliphatic heterocycles. The fraction of sp³-hybridized carbons (Fsp3) is 0. The first-order valence-electron chi connectivity index (χ1n) is 5.55. The van der Waals surface area contributed by atoms with Crippen LogP contribution in [0.15, 0.2) is 53.4 Å². The second-order valence-electron chi connectivity index (χ2n) is 4.27. The summed E-state index contributed by atoms with van der Waals surface area (Å²) in [7, 11) is -4.36. The third-order valence-electron chi connectivity index (χ3n) is 3.05. The average molecular weight is 333 g/mol. The van der Waals surface area contributed by atoms with E-state index in [1.165, 1.54) is 6.07 Å². The molecular weight excluding hydrogens is 323 g/mol. The summed E-state index contributed by atoms with van der Waals surface area (Å²) in [6, 6.07) is 14.4. The van der Waals surface area contributed by atoms with Crippen molar-refractivity contribution in [1.82, 2.24) is 0 Å².